The standard InChI is InChI=1S/C22H23F2N5O8S/c1-35-17-5-3-15(19(8-17)36-2)11-27-38(33,34)20-7-16(29(31)32)4-6-18(20)28-12-14(10-26-28)9-25-22(30)37-13-21(23)24/h3-8,10,12,21,27H,9,11,13H2,1-2H3,(H,25,30). The number of aromatic nitrogens is 2. The van der Waals surface area contributed by atoms with Crippen molar-refractivity contribution < 1.29 is 41.1 Å². The first kappa shape index (κ1) is 28.3. The lowest BCUT2D eigenvalue weighted by molar-refractivity contribution is -0.385. The first-order valence-corrected chi connectivity index (χ1v) is 12.2. The predicted molar refractivity (Wildman–Crippen MR) is 128 cm³/mol. The molecule has 0 unspecified atom stereocenters. The molecule has 0 aliphatic heterocycles. The Balaban J connectivity index is 1.86. The Labute approximate surface area is 215 Å². The molecule has 1 amide bonds. The fourth-order valence-electron chi connectivity index (χ4n) is 3.22. The van der Waals surface area contributed by atoms with Crippen molar-refractivity contribution in [2.75, 3.05) is 20.8 Å². The lowest BCUT2D eigenvalue weighted by Gasteiger charge is -2.14. The molecule has 0 radical (unpaired) electrons. The molecule has 13 nitrogen and oxygen atoms in total. The van der Waals surface area contributed by atoms with Gasteiger partial charge in [-0.05, 0) is 12.1 Å². The van der Waals surface area contributed by atoms with E-state index in [1.165, 1.54) is 32.7 Å². The zero-order valence-corrected chi connectivity index (χ0v) is 20.9. The van der Waals surface area contributed by atoms with Crippen LogP contribution >= 0.6 is 0 Å². The van der Waals surface area contributed by atoms with Gasteiger partial charge in [0.25, 0.3) is 12.1 Å². The van der Waals surface area contributed by atoms with Crippen LogP contribution in [0.3, 0.4) is 0 Å². The summed E-state index contributed by atoms with van der Waals surface area (Å²) in [5, 5.41) is 17.7. The zero-order chi connectivity index (χ0) is 27.9. The molecule has 0 atom stereocenters. The third-order valence-corrected chi connectivity index (χ3v) is 6.48. The molecule has 1 heterocycles. The SMILES string of the molecule is COc1ccc(CNS(=O)(=O)c2cc([N+](=O)[O-])ccc2-n2cc(CNC(=O)OCC(F)F)cn2)c(OC)c1. The average Bonchev–Trinajstić information content (AvgIpc) is 3.38. The molecule has 0 aliphatic carbocycles. The van der Waals surface area contributed by atoms with Gasteiger partial charge in [-0.15, -0.1) is 0 Å². The lowest BCUT2D eigenvalue weighted by Crippen LogP contribution is -2.25. The number of rotatable bonds is 12. The lowest BCUT2D eigenvalue weighted by atomic mass is 10.2. The van der Waals surface area contributed by atoms with Crippen LogP contribution in [0.5, 0.6) is 11.5 Å². The number of alkyl carbamates (subject to hydrolysis) is 1. The van der Waals surface area contributed by atoms with Crippen LogP contribution in [0.1, 0.15) is 11.1 Å². The number of carbonyl (C=O) groups excluding carboxylic acids is 1. The number of hydrogen-bond acceptors (Lipinski definition) is 9. The van der Waals surface area contributed by atoms with E-state index in [-0.39, 0.29) is 18.8 Å². The molecule has 0 bridgehead atoms. The summed E-state index contributed by atoms with van der Waals surface area (Å²) < 4.78 is 69.1. The second-order valence-corrected chi connectivity index (χ2v) is 9.28. The van der Waals surface area contributed by atoms with Gasteiger partial charge in [-0.25, -0.2) is 31.4 Å². The first-order valence-electron chi connectivity index (χ1n) is 10.8. The maximum Gasteiger partial charge on any atom is 0.407 e. The number of hydrogen-bond donors (Lipinski definition) is 2. The molecule has 3 aromatic rings. The minimum Gasteiger partial charge on any atom is -0.497 e. The number of carbonyl (C=O) groups is 1. The molecule has 204 valence electrons. The fourth-order valence-corrected chi connectivity index (χ4v) is 4.43. The van der Waals surface area contributed by atoms with Crippen molar-refractivity contribution in [1.82, 2.24) is 19.8 Å². The molecule has 3 rings (SSSR count). The molecule has 2 aromatic carbocycles. The molecule has 0 aliphatic rings. The molecule has 0 saturated carbocycles. The Morgan fingerprint density at radius 3 is 2.58 bits per heavy atom. The van der Waals surface area contributed by atoms with Gasteiger partial charge in [0.15, 0.2) is 6.61 Å². The van der Waals surface area contributed by atoms with Crippen LogP contribution in [-0.4, -0.2) is 56.5 Å². The van der Waals surface area contributed by atoms with Crippen LogP contribution in [-0.2, 0) is 27.8 Å². The van der Waals surface area contributed by atoms with Gasteiger partial charge in [0.2, 0.25) is 10.0 Å². The predicted octanol–water partition coefficient (Wildman–Crippen LogP) is 2.77. The van der Waals surface area contributed by atoms with E-state index in [1.54, 1.807) is 18.2 Å². The van der Waals surface area contributed by atoms with Crippen LogP contribution in [0.2, 0.25) is 0 Å². The quantitative estimate of drug-likeness (QED) is 0.253. The van der Waals surface area contributed by atoms with E-state index in [1.807, 2.05) is 0 Å². The second kappa shape index (κ2) is 12.3. The second-order valence-electron chi connectivity index (χ2n) is 7.55. The highest BCUT2D eigenvalue weighted by atomic mass is 32.2. The number of sulfonamides is 1. The van der Waals surface area contributed by atoms with Crippen molar-refractivity contribution in [2.45, 2.75) is 24.4 Å². The summed E-state index contributed by atoms with van der Waals surface area (Å²) in [5.41, 5.74) is 0.370. The maximum atomic E-state index is 13.3. The normalized spacial score (nSPS) is 11.3. The van der Waals surface area contributed by atoms with E-state index < -0.39 is 44.7 Å². The Bertz CT molecular complexity index is 1410. The fraction of sp³-hybridized carbons (Fsp3) is 0.273. The number of nitrogens with zero attached hydrogens (tertiary/aromatic N) is 3. The van der Waals surface area contributed by atoms with Gasteiger partial charge in [-0.1, -0.05) is 6.07 Å². The van der Waals surface area contributed by atoms with Crippen molar-refractivity contribution in [3.05, 3.63) is 70.0 Å². The zero-order valence-electron chi connectivity index (χ0n) is 20.1. The molecule has 0 spiro atoms. The highest BCUT2D eigenvalue weighted by molar-refractivity contribution is 7.89. The molecule has 0 fully saturated rings. The Kier molecular flexibility index (Phi) is 9.14. The number of halogens is 2. The van der Waals surface area contributed by atoms with Crippen LogP contribution < -0.4 is 19.5 Å². The van der Waals surface area contributed by atoms with E-state index in [0.717, 1.165) is 16.8 Å². The minimum atomic E-state index is -4.33. The number of alkyl halides is 2. The Morgan fingerprint density at radius 1 is 1.16 bits per heavy atom. The molecule has 0 saturated heterocycles. The summed E-state index contributed by atoms with van der Waals surface area (Å²) in [5.74, 6) is 0.864. The van der Waals surface area contributed by atoms with Crippen molar-refractivity contribution in [3.8, 4) is 17.2 Å². The van der Waals surface area contributed by atoms with Gasteiger partial charge < -0.3 is 19.5 Å². The van der Waals surface area contributed by atoms with E-state index in [0.29, 0.717) is 22.6 Å². The van der Waals surface area contributed by atoms with Crippen molar-refractivity contribution in [2.24, 2.45) is 0 Å². The van der Waals surface area contributed by atoms with E-state index in [2.05, 4.69) is 19.9 Å². The van der Waals surface area contributed by atoms with Crippen LogP contribution in [0.15, 0.2) is 53.7 Å². The van der Waals surface area contributed by atoms with Gasteiger partial charge >= 0.3 is 6.09 Å². The van der Waals surface area contributed by atoms with Crippen LogP contribution in [0.4, 0.5) is 19.3 Å². The number of benzene rings is 2. The number of amides is 1. The van der Waals surface area contributed by atoms with Crippen molar-refractivity contribution in [3.63, 3.8) is 0 Å². The molecular formula is C22H23F2N5O8S. The van der Waals surface area contributed by atoms with E-state index in [9.17, 15) is 32.1 Å². The number of nitro benzene ring substituents is 1. The number of nitro groups is 1. The average molecular weight is 556 g/mol. The molecule has 38 heavy (non-hydrogen) atoms. The van der Waals surface area contributed by atoms with Crippen molar-refractivity contribution >= 4 is 21.8 Å². The highest BCUT2D eigenvalue weighted by Crippen LogP contribution is 2.28. The van der Waals surface area contributed by atoms with Crippen LogP contribution in [0, 0.1) is 10.1 Å². The summed E-state index contributed by atoms with van der Waals surface area (Å²) >= 11 is 0. The number of nitrogens with one attached hydrogen (secondary N) is 2. The smallest absolute Gasteiger partial charge is 0.407 e. The summed E-state index contributed by atoms with van der Waals surface area (Å²) in [6.45, 7) is -1.43. The highest BCUT2D eigenvalue weighted by Gasteiger charge is 2.24. The van der Waals surface area contributed by atoms with E-state index >= 15 is 0 Å². The monoisotopic (exact) mass is 555 g/mol. The molecular weight excluding hydrogens is 532 g/mol. The maximum absolute atomic E-state index is 13.3. The molecule has 1 aromatic heterocycles. The third-order valence-electron chi connectivity index (χ3n) is 5.05. The summed E-state index contributed by atoms with van der Waals surface area (Å²) in [7, 11) is -1.45. The third kappa shape index (κ3) is 7.13. The van der Waals surface area contributed by atoms with Gasteiger partial charge in [-0.2, -0.15) is 5.10 Å². The van der Waals surface area contributed by atoms with Gasteiger partial charge in [0.05, 0.1) is 31.0 Å². The number of ether oxygens (including phenoxy) is 3. The first-order chi connectivity index (χ1) is 18.0. The van der Waals surface area contributed by atoms with Gasteiger partial charge in [-0.3, -0.25) is 10.1 Å². The van der Waals surface area contributed by atoms with Crippen LogP contribution in [0.25, 0.3) is 5.69 Å². The molecule has 2 N–H and O–H groups in total. The Morgan fingerprint density at radius 2 is 1.92 bits per heavy atom. The minimum absolute atomic E-state index is 0.0173. The van der Waals surface area contributed by atoms with Crippen molar-refractivity contribution in [1.29, 1.82) is 0 Å². The molecule has 16 heteroatoms. The Hall–Kier alpha value is -4.31. The summed E-state index contributed by atoms with van der Waals surface area (Å²) in [6.07, 6.45) is -1.23. The summed E-state index contributed by atoms with van der Waals surface area (Å²) in [4.78, 5) is 21.7. The van der Waals surface area contributed by atoms with E-state index in [4.69, 9.17) is 9.47 Å². The van der Waals surface area contributed by atoms with Gasteiger partial charge in [0, 0.05) is 48.6 Å². The topological polar surface area (TPSA) is 164 Å². The number of non-ortho nitro benzene ring substituents is 1. The largest absolute Gasteiger partial charge is 0.497 e. The number of methoxy groups -OCH3 is 2. The summed E-state index contributed by atoms with van der Waals surface area (Å²) in [6, 6.07) is 8.01. The van der Waals surface area contributed by atoms with Gasteiger partial charge in [0.1, 0.15) is 16.4 Å².